The van der Waals surface area contributed by atoms with E-state index in [1.165, 1.54) is 11.3 Å². The van der Waals surface area contributed by atoms with Crippen molar-refractivity contribution >= 4 is 40.7 Å². The van der Waals surface area contributed by atoms with Gasteiger partial charge in [-0.05, 0) is 61.4 Å². The number of nitrogens with zero attached hydrogens (tertiary/aromatic N) is 3. The fraction of sp³-hybridized carbons (Fsp3) is 0.219. The van der Waals surface area contributed by atoms with Crippen molar-refractivity contribution in [1.82, 2.24) is 4.57 Å². The lowest BCUT2D eigenvalue weighted by atomic mass is 9.95. The summed E-state index contributed by atoms with van der Waals surface area (Å²) in [6, 6.07) is 22.2. The summed E-state index contributed by atoms with van der Waals surface area (Å²) in [5, 5.41) is 0.660. The second-order valence-corrected chi connectivity index (χ2v) is 11.2. The summed E-state index contributed by atoms with van der Waals surface area (Å²) in [4.78, 5) is 34.1. The first-order valence-electron chi connectivity index (χ1n) is 13.2. The zero-order valence-corrected chi connectivity index (χ0v) is 24.8. The van der Waals surface area contributed by atoms with Crippen LogP contribution < -0.4 is 24.5 Å². The number of thiazole rings is 1. The normalized spacial score (nSPS) is 14.9. The molecule has 1 atom stereocenters. The Kier molecular flexibility index (Phi) is 8.42. The van der Waals surface area contributed by atoms with Crippen LogP contribution in [0, 0.1) is 0 Å². The fourth-order valence-corrected chi connectivity index (χ4v) is 5.89. The predicted octanol–water partition coefficient (Wildman–Crippen LogP) is 5.10. The fourth-order valence-electron chi connectivity index (χ4n) is 4.65. The van der Waals surface area contributed by atoms with E-state index in [0.29, 0.717) is 38.0 Å². The monoisotopic (exact) mass is 587 g/mol. The van der Waals surface area contributed by atoms with E-state index in [2.05, 4.69) is 4.99 Å². The molecule has 0 unspecified atom stereocenters. The lowest BCUT2D eigenvalue weighted by Crippen LogP contribution is -2.39. The summed E-state index contributed by atoms with van der Waals surface area (Å²) < 4.78 is 13.4. The highest BCUT2D eigenvalue weighted by atomic mass is 35.5. The molecule has 0 saturated carbocycles. The first-order chi connectivity index (χ1) is 19.8. The number of carbonyl (C=O) groups excluding carboxylic acids is 1. The number of anilines is 1. The molecule has 0 radical (unpaired) electrons. The third-order valence-corrected chi connectivity index (χ3v) is 8.12. The summed E-state index contributed by atoms with van der Waals surface area (Å²) >= 11 is 7.53. The molecule has 0 spiro atoms. The molecule has 5 rings (SSSR count). The van der Waals surface area contributed by atoms with Crippen molar-refractivity contribution in [3.8, 4) is 5.75 Å². The van der Waals surface area contributed by atoms with E-state index in [0.717, 1.165) is 22.4 Å². The summed E-state index contributed by atoms with van der Waals surface area (Å²) in [5.41, 5.74) is 4.25. The quantitative estimate of drug-likeness (QED) is 0.268. The van der Waals surface area contributed by atoms with Gasteiger partial charge in [0.1, 0.15) is 12.4 Å². The van der Waals surface area contributed by atoms with Crippen molar-refractivity contribution < 1.29 is 14.3 Å². The van der Waals surface area contributed by atoms with Gasteiger partial charge >= 0.3 is 5.97 Å². The van der Waals surface area contributed by atoms with Gasteiger partial charge in [0.15, 0.2) is 4.80 Å². The first kappa shape index (κ1) is 28.4. The van der Waals surface area contributed by atoms with Crippen LogP contribution in [-0.4, -0.2) is 31.2 Å². The molecule has 0 saturated heterocycles. The van der Waals surface area contributed by atoms with Crippen molar-refractivity contribution in [2.24, 2.45) is 4.99 Å². The Balaban J connectivity index is 1.50. The molecule has 4 aromatic rings. The Morgan fingerprint density at radius 3 is 2.44 bits per heavy atom. The van der Waals surface area contributed by atoms with E-state index in [1.54, 1.807) is 18.4 Å². The molecule has 0 amide bonds. The van der Waals surface area contributed by atoms with Crippen LogP contribution >= 0.6 is 22.9 Å². The maximum Gasteiger partial charge on any atom is 0.338 e. The molecule has 0 N–H and O–H groups in total. The second kappa shape index (κ2) is 12.2. The molecule has 3 aromatic carbocycles. The Bertz CT molecular complexity index is 1790. The number of esters is 1. The average molecular weight is 588 g/mol. The number of carbonyl (C=O) groups is 1. The van der Waals surface area contributed by atoms with E-state index >= 15 is 0 Å². The summed E-state index contributed by atoms with van der Waals surface area (Å²) in [6.45, 7) is 4.13. The molecular weight excluding hydrogens is 558 g/mol. The molecule has 1 aliphatic rings. The average Bonchev–Trinajstić information content (AvgIpc) is 3.26. The Morgan fingerprint density at radius 2 is 1.78 bits per heavy atom. The van der Waals surface area contributed by atoms with E-state index in [-0.39, 0.29) is 12.2 Å². The van der Waals surface area contributed by atoms with E-state index < -0.39 is 12.0 Å². The molecule has 41 heavy (non-hydrogen) atoms. The summed E-state index contributed by atoms with van der Waals surface area (Å²) in [7, 11) is 3.92. The number of allylic oxidation sites excluding steroid dienone is 1. The molecular formula is C32H30ClN3O4S. The van der Waals surface area contributed by atoms with Crippen LogP contribution in [0.2, 0.25) is 5.02 Å². The van der Waals surface area contributed by atoms with Crippen LogP contribution in [-0.2, 0) is 16.1 Å². The third-order valence-electron chi connectivity index (χ3n) is 6.77. The number of ether oxygens (including phenoxy) is 2. The van der Waals surface area contributed by atoms with E-state index in [4.69, 9.17) is 21.1 Å². The van der Waals surface area contributed by atoms with Crippen LogP contribution in [0.15, 0.2) is 93.9 Å². The van der Waals surface area contributed by atoms with Gasteiger partial charge in [0.05, 0.1) is 28.5 Å². The number of hydrogen-bond donors (Lipinski definition) is 0. The molecule has 9 heteroatoms. The lowest BCUT2D eigenvalue weighted by molar-refractivity contribution is -0.139. The van der Waals surface area contributed by atoms with Gasteiger partial charge in [-0.3, -0.25) is 9.36 Å². The lowest BCUT2D eigenvalue weighted by Gasteiger charge is -2.25. The number of halogens is 1. The second-order valence-electron chi connectivity index (χ2n) is 9.74. The molecule has 210 valence electrons. The highest BCUT2D eigenvalue weighted by Crippen LogP contribution is 2.31. The van der Waals surface area contributed by atoms with Crippen molar-refractivity contribution in [2.75, 3.05) is 25.6 Å². The number of aromatic nitrogens is 1. The highest BCUT2D eigenvalue weighted by molar-refractivity contribution is 7.07. The van der Waals surface area contributed by atoms with Crippen molar-refractivity contribution in [3.05, 3.63) is 125 Å². The maximum absolute atomic E-state index is 13.8. The summed E-state index contributed by atoms with van der Waals surface area (Å²) in [5.74, 6) is 0.219. The van der Waals surface area contributed by atoms with Crippen molar-refractivity contribution in [2.45, 2.75) is 26.5 Å². The van der Waals surface area contributed by atoms with Gasteiger partial charge in [0.2, 0.25) is 0 Å². The molecule has 7 nitrogen and oxygen atoms in total. The zero-order chi connectivity index (χ0) is 29.1. The van der Waals surface area contributed by atoms with E-state index in [9.17, 15) is 9.59 Å². The minimum Gasteiger partial charge on any atom is -0.489 e. The van der Waals surface area contributed by atoms with Gasteiger partial charge in [-0.2, -0.15) is 0 Å². The Labute approximate surface area is 247 Å². The molecule has 1 aromatic heterocycles. The van der Waals surface area contributed by atoms with Gasteiger partial charge in [0, 0.05) is 30.4 Å². The third kappa shape index (κ3) is 5.99. The number of fused-ring (bicyclic) bond motifs is 1. The standard InChI is InChI=1S/C32H30ClN3O4S/c1-5-39-31(38)28-20(2)34-32-36(29(28)22-12-14-24(15-13-22)35(3)4)30(37)27(41-32)18-21-10-16-25(17-11-21)40-19-23-8-6-7-9-26(23)33/h6-18,29H,5,19H2,1-4H3/b27-18+/t29-/m0/s1. The molecule has 1 aliphatic heterocycles. The number of hydrogen-bond acceptors (Lipinski definition) is 7. The largest absolute Gasteiger partial charge is 0.489 e. The minimum atomic E-state index is -0.649. The summed E-state index contributed by atoms with van der Waals surface area (Å²) in [6.07, 6.45) is 1.83. The highest BCUT2D eigenvalue weighted by Gasteiger charge is 2.33. The SMILES string of the molecule is CCOC(=O)C1=C(C)N=c2s/c(=C/c3ccc(OCc4ccccc4Cl)cc3)c(=O)n2[C@H]1c1ccc(N(C)C)cc1. The van der Waals surface area contributed by atoms with Crippen LogP contribution in [0.4, 0.5) is 5.69 Å². The Hall–Kier alpha value is -4.14. The van der Waals surface area contributed by atoms with Gasteiger partial charge in [-0.1, -0.05) is 65.4 Å². The van der Waals surface area contributed by atoms with Crippen molar-refractivity contribution in [1.29, 1.82) is 0 Å². The predicted molar refractivity (Wildman–Crippen MR) is 163 cm³/mol. The number of benzene rings is 3. The van der Waals surface area contributed by atoms with Crippen LogP contribution in [0.3, 0.4) is 0 Å². The molecule has 0 fully saturated rings. The van der Waals surface area contributed by atoms with Gasteiger partial charge in [-0.15, -0.1) is 0 Å². The molecule has 2 heterocycles. The zero-order valence-electron chi connectivity index (χ0n) is 23.3. The minimum absolute atomic E-state index is 0.219. The number of rotatable bonds is 8. The van der Waals surface area contributed by atoms with Gasteiger partial charge < -0.3 is 14.4 Å². The first-order valence-corrected chi connectivity index (χ1v) is 14.4. The molecule has 0 aliphatic carbocycles. The van der Waals surface area contributed by atoms with Gasteiger partial charge in [-0.25, -0.2) is 9.79 Å². The van der Waals surface area contributed by atoms with Crippen molar-refractivity contribution in [3.63, 3.8) is 0 Å². The smallest absolute Gasteiger partial charge is 0.338 e. The van der Waals surface area contributed by atoms with E-state index in [1.807, 2.05) is 97.9 Å². The van der Waals surface area contributed by atoms with Gasteiger partial charge in [0.25, 0.3) is 5.56 Å². The molecule has 0 bridgehead atoms. The topological polar surface area (TPSA) is 73.1 Å². The van der Waals surface area contributed by atoms with Crippen LogP contribution in [0.25, 0.3) is 6.08 Å². The maximum atomic E-state index is 13.8. The van der Waals surface area contributed by atoms with Crippen LogP contribution in [0.1, 0.15) is 36.6 Å². The Morgan fingerprint density at radius 1 is 1.07 bits per heavy atom. The van der Waals surface area contributed by atoms with Crippen LogP contribution in [0.5, 0.6) is 5.75 Å².